The van der Waals surface area contributed by atoms with E-state index >= 15 is 0 Å². The Kier molecular flexibility index (Phi) is 45.8. The Labute approximate surface area is 344 Å². The van der Waals surface area contributed by atoms with Crippen molar-refractivity contribution in [1.29, 1.82) is 0 Å². The number of carbonyl (C=O) groups excluding carboxylic acids is 1. The number of aliphatic hydroxyl groups excluding tert-OH is 2. The van der Waals surface area contributed by atoms with Gasteiger partial charge in [-0.05, 0) is 51.4 Å². The number of carbonyl (C=O) groups is 1. The molecule has 0 saturated heterocycles. The molecule has 0 fully saturated rings. The van der Waals surface area contributed by atoms with Gasteiger partial charge in [-0.2, -0.15) is 0 Å². The SMILES string of the molecule is CCCCCC/C=C\C/C=C\CCCCCCCCCC(=O)NC(CO)C(O)/C=C/CCCCCCCCCCCCCCCCCCCCCCCCC. The number of amides is 1. The van der Waals surface area contributed by atoms with Gasteiger partial charge in [0.15, 0.2) is 0 Å². The van der Waals surface area contributed by atoms with Gasteiger partial charge in [-0.1, -0.05) is 243 Å². The Morgan fingerprint density at radius 1 is 0.436 bits per heavy atom. The summed E-state index contributed by atoms with van der Waals surface area (Å²) in [6.07, 6.45) is 62.7. The van der Waals surface area contributed by atoms with Gasteiger partial charge in [0.1, 0.15) is 0 Å². The van der Waals surface area contributed by atoms with E-state index in [4.69, 9.17) is 0 Å². The van der Waals surface area contributed by atoms with E-state index in [2.05, 4.69) is 43.5 Å². The standard InChI is InChI=1S/C51H97NO3/c1-3-5-7-9-11-13-15-17-19-21-23-24-25-26-27-28-29-30-32-34-36-38-40-42-44-46-50(54)49(48-53)52-51(55)47-45-43-41-39-37-35-33-31-22-20-18-16-14-12-10-8-6-4-2/h14,16,20,22,44,46,49-50,53-54H,3-13,15,17-19,21,23-43,45,47-48H2,1-2H3,(H,52,55)/b16-14-,22-20-,46-44+. The smallest absolute Gasteiger partial charge is 0.220 e. The predicted molar refractivity (Wildman–Crippen MR) is 244 cm³/mol. The van der Waals surface area contributed by atoms with E-state index < -0.39 is 12.1 Å². The summed E-state index contributed by atoms with van der Waals surface area (Å²) < 4.78 is 0. The molecule has 1 amide bonds. The second-order valence-corrected chi connectivity index (χ2v) is 16.9. The van der Waals surface area contributed by atoms with Gasteiger partial charge >= 0.3 is 0 Å². The molecule has 0 heterocycles. The number of unbranched alkanes of at least 4 members (excludes halogenated alkanes) is 34. The molecule has 0 spiro atoms. The number of nitrogens with one attached hydrogen (secondary N) is 1. The molecule has 4 heteroatoms. The van der Waals surface area contributed by atoms with E-state index in [1.54, 1.807) is 6.08 Å². The second-order valence-electron chi connectivity index (χ2n) is 16.9. The van der Waals surface area contributed by atoms with Crippen molar-refractivity contribution in [3.63, 3.8) is 0 Å². The average Bonchev–Trinajstić information content (AvgIpc) is 3.19. The zero-order valence-electron chi connectivity index (χ0n) is 37.2. The molecular formula is C51H97NO3. The molecule has 2 atom stereocenters. The Morgan fingerprint density at radius 2 is 0.745 bits per heavy atom. The molecule has 0 rings (SSSR count). The van der Waals surface area contributed by atoms with Crippen LogP contribution in [0.2, 0.25) is 0 Å². The van der Waals surface area contributed by atoms with Gasteiger partial charge in [0, 0.05) is 6.42 Å². The molecule has 0 aliphatic rings. The van der Waals surface area contributed by atoms with Gasteiger partial charge in [-0.25, -0.2) is 0 Å². The average molecular weight is 772 g/mol. The van der Waals surface area contributed by atoms with Crippen LogP contribution >= 0.6 is 0 Å². The monoisotopic (exact) mass is 772 g/mol. The van der Waals surface area contributed by atoms with Crippen LogP contribution in [0.15, 0.2) is 36.5 Å². The number of aliphatic hydroxyl groups is 2. The van der Waals surface area contributed by atoms with Crippen molar-refractivity contribution in [2.24, 2.45) is 0 Å². The molecule has 0 radical (unpaired) electrons. The zero-order valence-corrected chi connectivity index (χ0v) is 37.2. The maximum Gasteiger partial charge on any atom is 0.220 e. The molecule has 3 N–H and O–H groups in total. The lowest BCUT2D eigenvalue weighted by molar-refractivity contribution is -0.123. The summed E-state index contributed by atoms with van der Waals surface area (Å²) in [6, 6.07) is -0.626. The van der Waals surface area contributed by atoms with Crippen molar-refractivity contribution < 1.29 is 15.0 Å². The summed E-state index contributed by atoms with van der Waals surface area (Å²) >= 11 is 0. The van der Waals surface area contributed by atoms with Crippen molar-refractivity contribution in [2.45, 2.75) is 276 Å². The predicted octanol–water partition coefficient (Wildman–Crippen LogP) is 15.7. The van der Waals surface area contributed by atoms with Crippen molar-refractivity contribution in [3.05, 3.63) is 36.5 Å². The molecular weight excluding hydrogens is 675 g/mol. The van der Waals surface area contributed by atoms with Crippen molar-refractivity contribution >= 4 is 5.91 Å². The number of allylic oxidation sites excluding steroid dienone is 5. The van der Waals surface area contributed by atoms with Crippen LogP contribution in [0.1, 0.15) is 264 Å². The molecule has 0 aromatic rings. The van der Waals surface area contributed by atoms with Crippen LogP contribution in [-0.4, -0.2) is 34.9 Å². The van der Waals surface area contributed by atoms with E-state index in [0.29, 0.717) is 6.42 Å². The number of hydrogen-bond acceptors (Lipinski definition) is 3. The zero-order chi connectivity index (χ0) is 40.0. The molecule has 55 heavy (non-hydrogen) atoms. The highest BCUT2D eigenvalue weighted by Gasteiger charge is 2.18. The van der Waals surface area contributed by atoms with Gasteiger partial charge < -0.3 is 15.5 Å². The van der Waals surface area contributed by atoms with Crippen LogP contribution in [-0.2, 0) is 4.79 Å². The molecule has 0 saturated carbocycles. The minimum atomic E-state index is -0.842. The van der Waals surface area contributed by atoms with E-state index in [0.717, 1.165) is 32.1 Å². The molecule has 324 valence electrons. The van der Waals surface area contributed by atoms with Crippen LogP contribution < -0.4 is 5.32 Å². The summed E-state index contributed by atoms with van der Waals surface area (Å²) in [6.45, 7) is 4.31. The highest BCUT2D eigenvalue weighted by molar-refractivity contribution is 5.76. The Bertz CT molecular complexity index is 836. The lowest BCUT2D eigenvalue weighted by Crippen LogP contribution is -2.45. The first-order chi connectivity index (χ1) is 27.2. The maximum atomic E-state index is 12.4. The lowest BCUT2D eigenvalue weighted by atomic mass is 10.0. The van der Waals surface area contributed by atoms with E-state index in [9.17, 15) is 15.0 Å². The molecule has 2 unspecified atom stereocenters. The fourth-order valence-corrected chi connectivity index (χ4v) is 7.56. The van der Waals surface area contributed by atoms with Crippen LogP contribution in [0.4, 0.5) is 0 Å². The third-order valence-electron chi connectivity index (χ3n) is 11.4. The molecule has 0 aromatic heterocycles. The Morgan fingerprint density at radius 3 is 1.11 bits per heavy atom. The molecule has 0 aliphatic heterocycles. The fourth-order valence-electron chi connectivity index (χ4n) is 7.56. The summed E-state index contributed by atoms with van der Waals surface area (Å²) in [5, 5.41) is 23.1. The van der Waals surface area contributed by atoms with Gasteiger partial charge in [0.2, 0.25) is 5.91 Å². The molecule has 4 nitrogen and oxygen atoms in total. The van der Waals surface area contributed by atoms with Crippen LogP contribution in [0.3, 0.4) is 0 Å². The number of hydrogen-bond donors (Lipinski definition) is 3. The summed E-state index contributed by atoms with van der Waals surface area (Å²) in [4.78, 5) is 12.4. The van der Waals surface area contributed by atoms with Crippen molar-refractivity contribution in [2.75, 3.05) is 6.61 Å². The van der Waals surface area contributed by atoms with Gasteiger partial charge in [-0.3, -0.25) is 4.79 Å². The second kappa shape index (κ2) is 47.0. The van der Waals surface area contributed by atoms with Gasteiger partial charge in [-0.15, -0.1) is 0 Å². The van der Waals surface area contributed by atoms with E-state index in [-0.39, 0.29) is 12.5 Å². The highest BCUT2D eigenvalue weighted by Crippen LogP contribution is 2.16. The first-order valence-electron chi connectivity index (χ1n) is 24.7. The molecule has 0 aromatic carbocycles. The van der Waals surface area contributed by atoms with Crippen LogP contribution in [0, 0.1) is 0 Å². The minimum Gasteiger partial charge on any atom is -0.394 e. The lowest BCUT2D eigenvalue weighted by Gasteiger charge is -2.20. The van der Waals surface area contributed by atoms with Crippen molar-refractivity contribution in [1.82, 2.24) is 5.32 Å². The van der Waals surface area contributed by atoms with Crippen molar-refractivity contribution in [3.8, 4) is 0 Å². The largest absolute Gasteiger partial charge is 0.394 e. The topological polar surface area (TPSA) is 69.6 Å². The normalized spacial score (nSPS) is 13.2. The highest BCUT2D eigenvalue weighted by atomic mass is 16.3. The first-order valence-corrected chi connectivity index (χ1v) is 24.7. The summed E-state index contributed by atoms with van der Waals surface area (Å²) in [5.74, 6) is -0.0700. The van der Waals surface area contributed by atoms with E-state index in [1.165, 1.54) is 212 Å². The van der Waals surface area contributed by atoms with E-state index in [1.807, 2.05) is 6.08 Å². The van der Waals surface area contributed by atoms with Crippen LogP contribution in [0.5, 0.6) is 0 Å². The molecule has 0 aliphatic carbocycles. The first kappa shape index (κ1) is 53.6. The minimum absolute atomic E-state index is 0.0700. The third-order valence-corrected chi connectivity index (χ3v) is 11.4. The number of rotatable bonds is 45. The molecule has 0 bridgehead atoms. The fraction of sp³-hybridized carbons (Fsp3) is 0.863. The summed E-state index contributed by atoms with van der Waals surface area (Å²) in [5.41, 5.74) is 0. The van der Waals surface area contributed by atoms with Gasteiger partial charge in [0.05, 0.1) is 18.8 Å². The Balaban J connectivity index is 3.52. The maximum absolute atomic E-state index is 12.4. The third kappa shape index (κ3) is 43.6. The quantitative estimate of drug-likeness (QED) is 0.0426. The summed E-state index contributed by atoms with van der Waals surface area (Å²) in [7, 11) is 0. The van der Waals surface area contributed by atoms with Gasteiger partial charge in [0.25, 0.3) is 0 Å². The Hall–Kier alpha value is -1.39. The van der Waals surface area contributed by atoms with Crippen LogP contribution in [0.25, 0.3) is 0 Å².